The van der Waals surface area contributed by atoms with E-state index in [1.807, 2.05) is 6.92 Å². The summed E-state index contributed by atoms with van der Waals surface area (Å²) in [6.07, 6.45) is -3.97. The highest BCUT2D eigenvalue weighted by molar-refractivity contribution is 6.00. The number of alkyl halides is 3. The maximum atomic E-state index is 12.8. The van der Waals surface area contributed by atoms with Crippen LogP contribution in [0.25, 0.3) is 0 Å². The summed E-state index contributed by atoms with van der Waals surface area (Å²) in [7, 11) is 1.56. The molecule has 2 atom stereocenters. The van der Waals surface area contributed by atoms with Crippen molar-refractivity contribution < 1.29 is 22.7 Å². The summed E-state index contributed by atoms with van der Waals surface area (Å²) in [5, 5.41) is 5.46. The molecule has 0 aromatic heterocycles. The summed E-state index contributed by atoms with van der Waals surface area (Å²) in [6.45, 7) is 2.36. The monoisotopic (exact) mass is 302 g/mol. The molecule has 1 aromatic carbocycles. The molecule has 1 fully saturated rings. The van der Waals surface area contributed by atoms with Gasteiger partial charge in [-0.2, -0.15) is 13.2 Å². The maximum Gasteiger partial charge on any atom is 0.416 e. The zero-order valence-corrected chi connectivity index (χ0v) is 11.8. The molecule has 2 rings (SSSR count). The van der Waals surface area contributed by atoms with Crippen LogP contribution in [0.3, 0.4) is 0 Å². The molecule has 1 saturated heterocycles. The standard InChI is InChI=1S/C14H17F3N2O2/c1-8-11(5-6-21-8)19-13(20)10-7-9(14(15,16)17)3-4-12(10)18-2/h3-4,7-8,11,18H,5-6H2,1-2H3,(H,19,20). The third-order valence-corrected chi connectivity index (χ3v) is 3.55. The van der Waals surface area contributed by atoms with E-state index in [0.29, 0.717) is 18.7 Å². The van der Waals surface area contributed by atoms with Crippen LogP contribution in [0, 0.1) is 0 Å². The summed E-state index contributed by atoms with van der Waals surface area (Å²) < 4.78 is 43.6. The van der Waals surface area contributed by atoms with E-state index in [0.717, 1.165) is 12.1 Å². The number of hydrogen-bond donors (Lipinski definition) is 2. The van der Waals surface area contributed by atoms with Crippen LogP contribution < -0.4 is 10.6 Å². The predicted octanol–water partition coefficient (Wildman–Crippen LogP) is 2.65. The molecule has 0 aliphatic carbocycles. The van der Waals surface area contributed by atoms with Crippen molar-refractivity contribution in [3.05, 3.63) is 29.3 Å². The second kappa shape index (κ2) is 5.93. The number of anilines is 1. The molecule has 1 heterocycles. The minimum atomic E-state index is -4.48. The van der Waals surface area contributed by atoms with Crippen LogP contribution in [0.15, 0.2) is 18.2 Å². The van der Waals surface area contributed by atoms with Crippen molar-refractivity contribution in [3.63, 3.8) is 0 Å². The van der Waals surface area contributed by atoms with Gasteiger partial charge >= 0.3 is 6.18 Å². The van der Waals surface area contributed by atoms with E-state index in [9.17, 15) is 18.0 Å². The number of hydrogen-bond acceptors (Lipinski definition) is 3. The van der Waals surface area contributed by atoms with E-state index in [4.69, 9.17) is 4.74 Å². The Labute approximate surface area is 120 Å². The number of carbonyl (C=O) groups is 1. The Hall–Kier alpha value is -1.76. The number of carbonyl (C=O) groups excluding carboxylic acids is 1. The van der Waals surface area contributed by atoms with Gasteiger partial charge in [-0.3, -0.25) is 4.79 Å². The highest BCUT2D eigenvalue weighted by atomic mass is 19.4. The minimum absolute atomic E-state index is 0.0218. The van der Waals surface area contributed by atoms with Crippen molar-refractivity contribution >= 4 is 11.6 Å². The second-order valence-electron chi connectivity index (χ2n) is 4.95. The summed E-state index contributed by atoms with van der Waals surface area (Å²) in [6, 6.07) is 2.88. The number of nitrogens with one attached hydrogen (secondary N) is 2. The van der Waals surface area contributed by atoms with Gasteiger partial charge in [-0.05, 0) is 31.5 Å². The van der Waals surface area contributed by atoms with Crippen LogP contribution in [0.2, 0.25) is 0 Å². The molecule has 0 spiro atoms. The molecule has 2 N–H and O–H groups in total. The molecule has 1 aliphatic rings. The lowest BCUT2D eigenvalue weighted by Crippen LogP contribution is -2.39. The van der Waals surface area contributed by atoms with Gasteiger partial charge in [-0.25, -0.2) is 0 Å². The average molecular weight is 302 g/mol. The third kappa shape index (κ3) is 3.47. The van der Waals surface area contributed by atoms with E-state index in [1.165, 1.54) is 6.07 Å². The van der Waals surface area contributed by atoms with Gasteiger partial charge in [0.1, 0.15) is 0 Å². The zero-order chi connectivity index (χ0) is 15.6. The molecule has 21 heavy (non-hydrogen) atoms. The van der Waals surface area contributed by atoms with Gasteiger partial charge in [-0.1, -0.05) is 0 Å². The lowest BCUT2D eigenvalue weighted by atomic mass is 10.1. The lowest BCUT2D eigenvalue weighted by Gasteiger charge is -2.18. The van der Waals surface area contributed by atoms with E-state index < -0.39 is 17.6 Å². The fraction of sp³-hybridized carbons (Fsp3) is 0.500. The first-order chi connectivity index (χ1) is 9.82. The third-order valence-electron chi connectivity index (χ3n) is 3.55. The second-order valence-corrected chi connectivity index (χ2v) is 4.95. The van der Waals surface area contributed by atoms with Crippen LogP contribution in [-0.2, 0) is 10.9 Å². The van der Waals surface area contributed by atoms with Crippen molar-refractivity contribution in [2.75, 3.05) is 19.0 Å². The number of amides is 1. The number of halogens is 3. The fourth-order valence-corrected chi connectivity index (χ4v) is 2.29. The highest BCUT2D eigenvalue weighted by Gasteiger charge is 2.32. The number of ether oxygens (including phenoxy) is 1. The fourth-order valence-electron chi connectivity index (χ4n) is 2.29. The Balaban J connectivity index is 2.25. The molecule has 1 amide bonds. The summed E-state index contributed by atoms with van der Waals surface area (Å²) in [4.78, 5) is 12.2. The van der Waals surface area contributed by atoms with Gasteiger partial charge < -0.3 is 15.4 Å². The van der Waals surface area contributed by atoms with Crippen LogP contribution in [-0.4, -0.2) is 31.7 Å². The summed E-state index contributed by atoms with van der Waals surface area (Å²) >= 11 is 0. The SMILES string of the molecule is CNc1ccc(C(F)(F)F)cc1C(=O)NC1CCOC1C. The van der Waals surface area contributed by atoms with Crippen LogP contribution in [0.5, 0.6) is 0 Å². The van der Waals surface area contributed by atoms with Gasteiger partial charge in [0.2, 0.25) is 0 Å². The molecule has 116 valence electrons. The Morgan fingerprint density at radius 3 is 2.62 bits per heavy atom. The Morgan fingerprint density at radius 1 is 1.38 bits per heavy atom. The van der Waals surface area contributed by atoms with E-state index in [-0.39, 0.29) is 17.7 Å². The first kappa shape index (κ1) is 15.6. The van der Waals surface area contributed by atoms with Crippen molar-refractivity contribution in [1.29, 1.82) is 0 Å². The number of benzene rings is 1. The smallest absolute Gasteiger partial charge is 0.387 e. The van der Waals surface area contributed by atoms with Crippen molar-refractivity contribution in [2.45, 2.75) is 31.7 Å². The predicted molar refractivity (Wildman–Crippen MR) is 72.3 cm³/mol. The minimum Gasteiger partial charge on any atom is -0.387 e. The molecule has 0 saturated carbocycles. The Bertz CT molecular complexity index is 531. The van der Waals surface area contributed by atoms with Gasteiger partial charge in [0, 0.05) is 19.3 Å². The van der Waals surface area contributed by atoms with Gasteiger partial charge in [0.05, 0.1) is 23.3 Å². The highest BCUT2D eigenvalue weighted by Crippen LogP contribution is 2.32. The van der Waals surface area contributed by atoms with Crippen LogP contribution in [0.4, 0.5) is 18.9 Å². The zero-order valence-electron chi connectivity index (χ0n) is 11.8. The summed E-state index contributed by atoms with van der Waals surface area (Å²) in [5.41, 5.74) is -0.513. The molecule has 1 aliphatic heterocycles. The average Bonchev–Trinajstić information content (AvgIpc) is 2.82. The van der Waals surface area contributed by atoms with E-state index >= 15 is 0 Å². The molecular weight excluding hydrogens is 285 g/mol. The van der Waals surface area contributed by atoms with Crippen LogP contribution >= 0.6 is 0 Å². The first-order valence-corrected chi connectivity index (χ1v) is 6.64. The topological polar surface area (TPSA) is 50.4 Å². The quantitative estimate of drug-likeness (QED) is 0.902. The first-order valence-electron chi connectivity index (χ1n) is 6.64. The van der Waals surface area contributed by atoms with Crippen molar-refractivity contribution in [2.24, 2.45) is 0 Å². The molecule has 0 bridgehead atoms. The molecular formula is C14H17F3N2O2. The van der Waals surface area contributed by atoms with E-state index in [2.05, 4.69) is 10.6 Å². The summed E-state index contributed by atoms with van der Waals surface area (Å²) in [5.74, 6) is -0.534. The maximum absolute atomic E-state index is 12.8. The molecule has 0 radical (unpaired) electrons. The van der Waals surface area contributed by atoms with Gasteiger partial charge in [0.15, 0.2) is 0 Å². The van der Waals surface area contributed by atoms with Crippen molar-refractivity contribution in [3.8, 4) is 0 Å². The molecule has 4 nitrogen and oxygen atoms in total. The van der Waals surface area contributed by atoms with Crippen LogP contribution in [0.1, 0.15) is 29.3 Å². The largest absolute Gasteiger partial charge is 0.416 e. The van der Waals surface area contributed by atoms with Crippen molar-refractivity contribution in [1.82, 2.24) is 5.32 Å². The molecule has 7 heteroatoms. The Morgan fingerprint density at radius 2 is 2.10 bits per heavy atom. The Kier molecular flexibility index (Phi) is 4.41. The van der Waals surface area contributed by atoms with Gasteiger partial charge in [0.25, 0.3) is 5.91 Å². The molecule has 2 unspecified atom stereocenters. The molecule has 1 aromatic rings. The van der Waals surface area contributed by atoms with E-state index in [1.54, 1.807) is 7.05 Å². The van der Waals surface area contributed by atoms with Gasteiger partial charge in [-0.15, -0.1) is 0 Å². The number of rotatable bonds is 3. The normalized spacial score (nSPS) is 22.1. The lowest BCUT2D eigenvalue weighted by molar-refractivity contribution is -0.137.